The maximum absolute atomic E-state index is 13.4. The topological polar surface area (TPSA) is 41.5 Å². The Bertz CT molecular complexity index is 607. The maximum Gasteiger partial charge on any atom is 0.165 e. The fraction of sp³-hybridized carbons (Fsp3) is 0.250. The third-order valence-corrected chi connectivity index (χ3v) is 3.61. The van der Waals surface area contributed by atoms with Crippen LogP contribution >= 0.6 is 15.9 Å². The number of aryl methyl sites for hydroxylation is 1. The molecule has 112 valence electrons. The minimum Gasteiger partial charge on any atom is -0.488 e. The predicted molar refractivity (Wildman–Crippen MR) is 85.3 cm³/mol. The van der Waals surface area contributed by atoms with Gasteiger partial charge in [0.2, 0.25) is 0 Å². The number of hydrogen-bond donors (Lipinski definition) is 2. The summed E-state index contributed by atoms with van der Waals surface area (Å²) in [6.07, 6.45) is -0.739. The van der Waals surface area contributed by atoms with E-state index in [2.05, 4.69) is 21.2 Å². The molecule has 2 aromatic rings. The van der Waals surface area contributed by atoms with Gasteiger partial charge in [-0.1, -0.05) is 18.2 Å². The van der Waals surface area contributed by atoms with Crippen LogP contribution in [0.5, 0.6) is 5.75 Å². The molecule has 0 radical (unpaired) electrons. The van der Waals surface area contributed by atoms with Crippen molar-refractivity contribution in [1.82, 2.24) is 0 Å². The Kier molecular flexibility index (Phi) is 5.59. The molecule has 0 amide bonds. The summed E-state index contributed by atoms with van der Waals surface area (Å²) in [5, 5.41) is 13.0. The van der Waals surface area contributed by atoms with Gasteiger partial charge in [-0.15, -0.1) is 0 Å². The average Bonchev–Trinajstić information content (AvgIpc) is 2.47. The third kappa shape index (κ3) is 4.72. The van der Waals surface area contributed by atoms with Crippen molar-refractivity contribution in [2.45, 2.75) is 13.0 Å². The fourth-order valence-corrected chi connectivity index (χ4v) is 2.20. The van der Waals surface area contributed by atoms with Gasteiger partial charge >= 0.3 is 0 Å². The van der Waals surface area contributed by atoms with Gasteiger partial charge in [0.05, 0.1) is 0 Å². The Balaban J connectivity index is 1.84. The van der Waals surface area contributed by atoms with Crippen LogP contribution in [0.25, 0.3) is 0 Å². The minimum atomic E-state index is -0.739. The highest BCUT2D eigenvalue weighted by Crippen LogP contribution is 2.23. The molecular weight excluding hydrogens is 337 g/mol. The van der Waals surface area contributed by atoms with Gasteiger partial charge in [-0.3, -0.25) is 0 Å². The van der Waals surface area contributed by atoms with E-state index in [9.17, 15) is 9.50 Å². The van der Waals surface area contributed by atoms with Gasteiger partial charge in [0.25, 0.3) is 0 Å². The number of para-hydroxylation sites is 1. The van der Waals surface area contributed by atoms with E-state index in [1.807, 2.05) is 25.1 Å². The molecule has 0 saturated heterocycles. The number of halogens is 2. The summed E-state index contributed by atoms with van der Waals surface area (Å²) < 4.78 is 19.6. The Morgan fingerprint density at radius 3 is 2.81 bits per heavy atom. The largest absolute Gasteiger partial charge is 0.488 e. The van der Waals surface area contributed by atoms with E-state index in [1.54, 1.807) is 12.1 Å². The van der Waals surface area contributed by atoms with Crippen LogP contribution in [0.2, 0.25) is 0 Å². The summed E-state index contributed by atoms with van der Waals surface area (Å²) >= 11 is 3.44. The molecule has 2 aromatic carbocycles. The zero-order valence-corrected chi connectivity index (χ0v) is 13.2. The number of ether oxygens (including phenoxy) is 1. The lowest BCUT2D eigenvalue weighted by Gasteiger charge is -2.15. The summed E-state index contributed by atoms with van der Waals surface area (Å²) in [7, 11) is 0. The first-order valence-electron chi connectivity index (χ1n) is 6.61. The zero-order valence-electron chi connectivity index (χ0n) is 11.6. The van der Waals surface area contributed by atoms with Crippen LogP contribution in [0, 0.1) is 12.7 Å². The van der Waals surface area contributed by atoms with E-state index in [0.29, 0.717) is 6.54 Å². The van der Waals surface area contributed by atoms with Gasteiger partial charge in [-0.2, -0.15) is 0 Å². The zero-order chi connectivity index (χ0) is 15.2. The van der Waals surface area contributed by atoms with Gasteiger partial charge < -0.3 is 15.2 Å². The predicted octanol–water partition coefficient (Wildman–Crippen LogP) is 3.75. The summed E-state index contributed by atoms with van der Waals surface area (Å²) in [5.74, 6) is -0.285. The summed E-state index contributed by atoms with van der Waals surface area (Å²) in [5.41, 5.74) is 2.03. The summed E-state index contributed by atoms with van der Waals surface area (Å²) in [6.45, 7) is 2.34. The number of rotatable bonds is 6. The first-order valence-corrected chi connectivity index (χ1v) is 7.41. The quantitative estimate of drug-likeness (QED) is 0.830. The Labute approximate surface area is 131 Å². The smallest absolute Gasteiger partial charge is 0.165 e. The van der Waals surface area contributed by atoms with E-state index in [-0.39, 0.29) is 12.4 Å². The van der Waals surface area contributed by atoms with Crippen molar-refractivity contribution in [2.75, 3.05) is 18.5 Å². The lowest BCUT2D eigenvalue weighted by molar-refractivity contribution is 0.115. The van der Waals surface area contributed by atoms with Crippen LogP contribution in [0.15, 0.2) is 46.9 Å². The molecule has 0 bridgehead atoms. The molecule has 3 nitrogen and oxygen atoms in total. The number of aliphatic hydroxyl groups is 1. The monoisotopic (exact) mass is 353 g/mol. The van der Waals surface area contributed by atoms with Crippen molar-refractivity contribution in [3.8, 4) is 5.75 Å². The molecule has 21 heavy (non-hydrogen) atoms. The molecule has 0 fully saturated rings. The Hall–Kier alpha value is -1.59. The highest BCUT2D eigenvalue weighted by atomic mass is 79.9. The van der Waals surface area contributed by atoms with Gasteiger partial charge in [0, 0.05) is 16.7 Å². The average molecular weight is 354 g/mol. The Morgan fingerprint density at radius 2 is 2.05 bits per heavy atom. The molecule has 5 heteroatoms. The van der Waals surface area contributed by atoms with Gasteiger partial charge in [-0.25, -0.2) is 4.39 Å². The molecule has 1 atom stereocenters. The SMILES string of the molecule is Cc1ccc(Br)c(NCC(O)COc2ccccc2F)c1. The number of nitrogens with one attached hydrogen (secondary N) is 1. The number of anilines is 1. The number of hydrogen-bond acceptors (Lipinski definition) is 3. The van der Waals surface area contributed by atoms with Crippen molar-refractivity contribution < 1.29 is 14.2 Å². The van der Waals surface area contributed by atoms with Crippen LogP contribution in [0.3, 0.4) is 0 Å². The van der Waals surface area contributed by atoms with E-state index < -0.39 is 11.9 Å². The molecule has 0 saturated carbocycles. The van der Waals surface area contributed by atoms with Gasteiger partial charge in [0.15, 0.2) is 11.6 Å². The van der Waals surface area contributed by atoms with Crippen molar-refractivity contribution in [1.29, 1.82) is 0 Å². The van der Waals surface area contributed by atoms with E-state index >= 15 is 0 Å². The molecule has 2 N–H and O–H groups in total. The molecule has 2 rings (SSSR count). The van der Waals surface area contributed by atoms with Crippen LogP contribution in [0.1, 0.15) is 5.56 Å². The standard InChI is InChI=1S/C16H17BrFNO2/c1-11-6-7-13(17)15(8-11)19-9-12(20)10-21-16-5-3-2-4-14(16)18/h2-8,12,19-20H,9-10H2,1H3. The minimum absolute atomic E-state index is 0.0252. The molecular formula is C16H17BrFNO2. The van der Waals surface area contributed by atoms with Crippen LogP contribution in [0.4, 0.5) is 10.1 Å². The van der Waals surface area contributed by atoms with Crippen molar-refractivity contribution in [2.24, 2.45) is 0 Å². The van der Waals surface area contributed by atoms with Crippen molar-refractivity contribution in [3.63, 3.8) is 0 Å². The van der Waals surface area contributed by atoms with Gasteiger partial charge in [0.1, 0.15) is 12.7 Å². The summed E-state index contributed by atoms with van der Waals surface area (Å²) in [6, 6.07) is 12.1. The Morgan fingerprint density at radius 1 is 1.29 bits per heavy atom. The van der Waals surface area contributed by atoms with Crippen LogP contribution in [-0.2, 0) is 0 Å². The number of aliphatic hydroxyl groups excluding tert-OH is 1. The molecule has 0 aliphatic heterocycles. The van der Waals surface area contributed by atoms with Crippen molar-refractivity contribution in [3.05, 3.63) is 58.3 Å². The highest BCUT2D eigenvalue weighted by molar-refractivity contribution is 9.10. The van der Waals surface area contributed by atoms with Crippen LogP contribution < -0.4 is 10.1 Å². The van der Waals surface area contributed by atoms with E-state index in [1.165, 1.54) is 12.1 Å². The third-order valence-electron chi connectivity index (χ3n) is 2.92. The molecule has 0 aliphatic rings. The second-order valence-corrected chi connectivity index (χ2v) is 5.61. The second kappa shape index (κ2) is 7.43. The second-order valence-electron chi connectivity index (χ2n) is 4.76. The van der Waals surface area contributed by atoms with Gasteiger partial charge in [-0.05, 0) is 52.7 Å². The fourth-order valence-electron chi connectivity index (χ4n) is 1.81. The van der Waals surface area contributed by atoms with E-state index in [4.69, 9.17) is 4.74 Å². The molecule has 0 aliphatic carbocycles. The first kappa shape index (κ1) is 15.8. The highest BCUT2D eigenvalue weighted by Gasteiger charge is 2.09. The van der Waals surface area contributed by atoms with E-state index in [0.717, 1.165) is 15.7 Å². The lowest BCUT2D eigenvalue weighted by Crippen LogP contribution is -2.26. The first-order chi connectivity index (χ1) is 10.1. The normalized spacial score (nSPS) is 12.0. The molecule has 0 heterocycles. The number of benzene rings is 2. The molecule has 0 aromatic heterocycles. The van der Waals surface area contributed by atoms with Crippen molar-refractivity contribution >= 4 is 21.6 Å². The molecule has 0 spiro atoms. The lowest BCUT2D eigenvalue weighted by atomic mass is 10.2. The summed E-state index contributed by atoms with van der Waals surface area (Å²) in [4.78, 5) is 0. The maximum atomic E-state index is 13.4. The van der Waals surface area contributed by atoms with Crippen LogP contribution in [-0.4, -0.2) is 24.4 Å². The molecule has 1 unspecified atom stereocenters.